The van der Waals surface area contributed by atoms with Gasteiger partial charge in [-0.3, -0.25) is 9.59 Å². The van der Waals surface area contributed by atoms with E-state index in [4.69, 9.17) is 14.2 Å². The predicted molar refractivity (Wildman–Crippen MR) is 103 cm³/mol. The molecule has 0 N–H and O–H groups in total. The first-order valence-electron chi connectivity index (χ1n) is 9.27. The molecule has 1 atom stereocenters. The summed E-state index contributed by atoms with van der Waals surface area (Å²) in [5.41, 5.74) is 0. The standard InChI is InChI=1S/C19H27NO7S/c1-3-20(15-10-12-28(23,24)14-15)18(21)13-27-19(22)5-4-11-26-17-8-6-16(25-2)7-9-17/h6-9,15H,3-5,10-14H2,1-2H3. The number of rotatable bonds is 10. The summed E-state index contributed by atoms with van der Waals surface area (Å²) in [6.45, 7) is 2.13. The quantitative estimate of drug-likeness (QED) is 0.423. The van der Waals surface area contributed by atoms with E-state index in [1.165, 1.54) is 4.90 Å². The number of sulfone groups is 1. The number of carbonyl (C=O) groups excluding carboxylic acids is 2. The Labute approximate surface area is 165 Å². The van der Waals surface area contributed by atoms with E-state index in [2.05, 4.69) is 0 Å². The summed E-state index contributed by atoms with van der Waals surface area (Å²) in [6, 6.07) is 6.78. The third-order valence-electron chi connectivity index (χ3n) is 4.52. The third kappa shape index (κ3) is 6.70. The molecule has 2 rings (SSSR count). The number of ether oxygens (including phenoxy) is 3. The number of esters is 1. The van der Waals surface area contributed by atoms with E-state index in [-0.39, 0.29) is 36.5 Å². The summed E-state index contributed by atoms with van der Waals surface area (Å²) in [6.07, 6.45) is 1.02. The van der Waals surface area contributed by atoms with Crippen LogP contribution in [0.5, 0.6) is 11.5 Å². The minimum atomic E-state index is -3.08. The van der Waals surface area contributed by atoms with Crippen molar-refractivity contribution in [3.8, 4) is 11.5 Å². The van der Waals surface area contributed by atoms with Crippen LogP contribution in [0.1, 0.15) is 26.2 Å². The van der Waals surface area contributed by atoms with Crippen molar-refractivity contribution < 1.29 is 32.2 Å². The summed E-state index contributed by atoms with van der Waals surface area (Å²) in [7, 11) is -1.49. The van der Waals surface area contributed by atoms with Gasteiger partial charge in [-0.05, 0) is 44.0 Å². The molecule has 0 bridgehead atoms. The number of amides is 1. The SMILES string of the molecule is CCN(C(=O)COC(=O)CCCOc1ccc(OC)cc1)C1CCS(=O)(=O)C1. The number of methoxy groups -OCH3 is 1. The first-order valence-corrected chi connectivity index (χ1v) is 11.1. The van der Waals surface area contributed by atoms with Crippen LogP contribution in [0, 0.1) is 0 Å². The third-order valence-corrected chi connectivity index (χ3v) is 6.27. The summed E-state index contributed by atoms with van der Waals surface area (Å²) < 4.78 is 38.8. The maximum Gasteiger partial charge on any atom is 0.306 e. The maximum atomic E-state index is 12.3. The van der Waals surface area contributed by atoms with Crippen molar-refractivity contribution in [1.29, 1.82) is 0 Å². The van der Waals surface area contributed by atoms with Gasteiger partial charge in [-0.2, -0.15) is 0 Å². The fraction of sp³-hybridized carbons (Fsp3) is 0.579. The lowest BCUT2D eigenvalue weighted by Gasteiger charge is -2.26. The van der Waals surface area contributed by atoms with Crippen molar-refractivity contribution in [3.63, 3.8) is 0 Å². The van der Waals surface area contributed by atoms with E-state index in [0.717, 1.165) is 5.75 Å². The van der Waals surface area contributed by atoms with Crippen LogP contribution < -0.4 is 9.47 Å². The maximum absolute atomic E-state index is 12.3. The lowest BCUT2D eigenvalue weighted by molar-refractivity contribution is -0.152. The van der Waals surface area contributed by atoms with E-state index >= 15 is 0 Å². The van der Waals surface area contributed by atoms with Gasteiger partial charge in [0, 0.05) is 19.0 Å². The van der Waals surface area contributed by atoms with Crippen molar-refractivity contribution >= 4 is 21.7 Å². The van der Waals surface area contributed by atoms with Crippen LogP contribution in [-0.4, -0.2) is 69.6 Å². The molecule has 0 spiro atoms. The van der Waals surface area contributed by atoms with Gasteiger partial charge in [-0.25, -0.2) is 8.42 Å². The van der Waals surface area contributed by atoms with Crippen LogP contribution in [0.15, 0.2) is 24.3 Å². The van der Waals surface area contributed by atoms with Gasteiger partial charge in [0.25, 0.3) is 5.91 Å². The Kier molecular flexibility index (Phi) is 8.10. The summed E-state index contributed by atoms with van der Waals surface area (Å²) in [5.74, 6) is 0.624. The van der Waals surface area contributed by atoms with Crippen molar-refractivity contribution in [2.75, 3.05) is 38.4 Å². The molecule has 1 aromatic carbocycles. The molecule has 0 radical (unpaired) electrons. The zero-order valence-corrected chi connectivity index (χ0v) is 17.1. The molecule has 9 heteroatoms. The van der Waals surface area contributed by atoms with Crippen molar-refractivity contribution in [2.45, 2.75) is 32.2 Å². The fourth-order valence-electron chi connectivity index (χ4n) is 3.04. The Morgan fingerprint density at radius 3 is 2.43 bits per heavy atom. The van der Waals surface area contributed by atoms with Crippen LogP contribution in [0.2, 0.25) is 0 Å². The minimum absolute atomic E-state index is 0.0246. The van der Waals surface area contributed by atoms with Gasteiger partial charge < -0.3 is 19.1 Å². The number of carbonyl (C=O) groups is 2. The molecule has 8 nitrogen and oxygen atoms in total. The number of nitrogens with zero attached hydrogens (tertiary/aromatic N) is 1. The zero-order chi connectivity index (χ0) is 20.6. The average Bonchev–Trinajstić information content (AvgIpc) is 3.04. The summed E-state index contributed by atoms with van der Waals surface area (Å²) in [5, 5.41) is 0. The van der Waals surface area contributed by atoms with E-state index in [9.17, 15) is 18.0 Å². The van der Waals surface area contributed by atoms with Crippen LogP contribution in [0.25, 0.3) is 0 Å². The van der Waals surface area contributed by atoms with Gasteiger partial charge in [0.2, 0.25) is 0 Å². The highest BCUT2D eigenvalue weighted by atomic mass is 32.2. The Morgan fingerprint density at radius 2 is 1.86 bits per heavy atom. The highest BCUT2D eigenvalue weighted by molar-refractivity contribution is 7.91. The van der Waals surface area contributed by atoms with Crippen molar-refractivity contribution in [2.24, 2.45) is 0 Å². The second-order valence-corrected chi connectivity index (χ2v) is 8.75. The second-order valence-electron chi connectivity index (χ2n) is 6.52. The van der Waals surface area contributed by atoms with Crippen molar-refractivity contribution in [1.82, 2.24) is 4.90 Å². The smallest absolute Gasteiger partial charge is 0.306 e. The van der Waals surface area contributed by atoms with Gasteiger partial charge >= 0.3 is 5.97 Å². The normalized spacial score (nSPS) is 17.7. The Bertz CT molecular complexity index is 761. The molecule has 0 aliphatic carbocycles. The molecular weight excluding hydrogens is 386 g/mol. The predicted octanol–water partition coefficient (Wildman–Crippen LogP) is 1.43. The minimum Gasteiger partial charge on any atom is -0.497 e. The molecule has 28 heavy (non-hydrogen) atoms. The Hall–Kier alpha value is -2.29. The lowest BCUT2D eigenvalue weighted by atomic mass is 10.2. The van der Waals surface area contributed by atoms with Gasteiger partial charge in [0.15, 0.2) is 16.4 Å². The average molecular weight is 413 g/mol. The molecular formula is C19H27NO7S. The van der Waals surface area contributed by atoms with Crippen molar-refractivity contribution in [3.05, 3.63) is 24.3 Å². The monoisotopic (exact) mass is 413 g/mol. The van der Waals surface area contributed by atoms with Crippen LogP contribution >= 0.6 is 0 Å². The summed E-state index contributed by atoms with van der Waals surface area (Å²) >= 11 is 0. The van der Waals surface area contributed by atoms with E-state index in [1.807, 2.05) is 0 Å². The van der Waals surface area contributed by atoms with Crippen LogP contribution in [0.3, 0.4) is 0 Å². The van der Waals surface area contributed by atoms with E-state index in [0.29, 0.717) is 31.7 Å². The number of hydrogen-bond donors (Lipinski definition) is 0. The molecule has 1 unspecified atom stereocenters. The molecule has 1 aromatic rings. The van der Waals surface area contributed by atoms with Gasteiger partial charge in [-0.1, -0.05) is 0 Å². The Balaban J connectivity index is 1.66. The number of likely N-dealkylation sites (N-methyl/N-ethyl adjacent to an activating group) is 1. The molecule has 1 amide bonds. The molecule has 1 fully saturated rings. The lowest BCUT2D eigenvalue weighted by Crippen LogP contribution is -2.43. The van der Waals surface area contributed by atoms with Gasteiger partial charge in [0.05, 0.1) is 25.2 Å². The number of hydrogen-bond acceptors (Lipinski definition) is 7. The molecule has 156 valence electrons. The zero-order valence-electron chi connectivity index (χ0n) is 16.3. The molecule has 1 aliphatic rings. The highest BCUT2D eigenvalue weighted by Gasteiger charge is 2.34. The topological polar surface area (TPSA) is 99.2 Å². The molecule has 1 heterocycles. The molecule has 0 aromatic heterocycles. The van der Waals surface area contributed by atoms with Gasteiger partial charge in [0.1, 0.15) is 11.5 Å². The Morgan fingerprint density at radius 1 is 1.18 bits per heavy atom. The molecule has 1 aliphatic heterocycles. The first kappa shape index (κ1) is 22.0. The largest absolute Gasteiger partial charge is 0.497 e. The van der Waals surface area contributed by atoms with Crippen LogP contribution in [-0.2, 0) is 24.2 Å². The first-order chi connectivity index (χ1) is 13.3. The number of benzene rings is 1. The van der Waals surface area contributed by atoms with Gasteiger partial charge in [-0.15, -0.1) is 0 Å². The molecule has 1 saturated heterocycles. The summed E-state index contributed by atoms with van der Waals surface area (Å²) in [4.78, 5) is 25.6. The fourth-order valence-corrected chi connectivity index (χ4v) is 4.77. The van der Waals surface area contributed by atoms with E-state index < -0.39 is 15.8 Å². The van der Waals surface area contributed by atoms with Crippen LogP contribution in [0.4, 0.5) is 0 Å². The van der Waals surface area contributed by atoms with E-state index in [1.54, 1.807) is 38.3 Å². The molecule has 0 saturated carbocycles. The highest BCUT2D eigenvalue weighted by Crippen LogP contribution is 2.18. The second kappa shape index (κ2) is 10.3.